The molecular formula is C15H23ClN2. The molecule has 0 spiro atoms. The summed E-state index contributed by atoms with van der Waals surface area (Å²) in [6.07, 6.45) is 1.27. The first-order valence-corrected chi connectivity index (χ1v) is 7.19. The van der Waals surface area contributed by atoms with Crippen LogP contribution in [0, 0.1) is 12.8 Å². The molecule has 1 saturated heterocycles. The van der Waals surface area contributed by atoms with Crippen LogP contribution in [0.5, 0.6) is 0 Å². The fourth-order valence-electron chi connectivity index (χ4n) is 2.56. The van der Waals surface area contributed by atoms with Gasteiger partial charge in [0.1, 0.15) is 0 Å². The summed E-state index contributed by atoms with van der Waals surface area (Å²) >= 11 is 6.19. The first-order valence-electron chi connectivity index (χ1n) is 6.81. The Morgan fingerprint density at radius 3 is 2.94 bits per heavy atom. The second-order valence-corrected chi connectivity index (χ2v) is 5.95. The number of nitrogens with zero attached hydrogens (tertiary/aromatic N) is 1. The van der Waals surface area contributed by atoms with Crippen molar-refractivity contribution in [2.75, 3.05) is 24.5 Å². The van der Waals surface area contributed by atoms with Crippen LogP contribution in [0.15, 0.2) is 18.2 Å². The van der Waals surface area contributed by atoms with Gasteiger partial charge in [0.2, 0.25) is 0 Å². The number of hydrogen-bond acceptors (Lipinski definition) is 2. The summed E-state index contributed by atoms with van der Waals surface area (Å²) in [5.74, 6) is 0.755. The number of anilines is 1. The molecule has 100 valence electrons. The standard InChI is InChI=1S/C15H23ClN2/c1-11(2)17-9-13-7-8-18(10-13)15-6-4-5-14(16)12(15)3/h4-6,11,13,17H,7-10H2,1-3H3. The van der Waals surface area contributed by atoms with Gasteiger partial charge in [0.05, 0.1) is 0 Å². The van der Waals surface area contributed by atoms with Crippen molar-refractivity contribution in [2.24, 2.45) is 5.92 Å². The van der Waals surface area contributed by atoms with E-state index in [1.165, 1.54) is 17.7 Å². The molecule has 18 heavy (non-hydrogen) atoms. The minimum absolute atomic E-state index is 0.576. The lowest BCUT2D eigenvalue weighted by Gasteiger charge is -2.22. The number of hydrogen-bond donors (Lipinski definition) is 1. The Balaban J connectivity index is 1.98. The molecule has 1 heterocycles. The van der Waals surface area contributed by atoms with Crippen molar-refractivity contribution in [1.82, 2.24) is 5.32 Å². The monoisotopic (exact) mass is 266 g/mol. The molecule has 1 fully saturated rings. The smallest absolute Gasteiger partial charge is 0.0455 e. The van der Waals surface area contributed by atoms with Crippen molar-refractivity contribution in [2.45, 2.75) is 33.2 Å². The SMILES string of the molecule is Cc1c(Cl)cccc1N1CCC(CNC(C)C)C1. The van der Waals surface area contributed by atoms with Crippen LogP contribution in [0.25, 0.3) is 0 Å². The van der Waals surface area contributed by atoms with Gasteiger partial charge in [-0.05, 0) is 43.5 Å². The van der Waals surface area contributed by atoms with Gasteiger partial charge in [-0.1, -0.05) is 31.5 Å². The predicted molar refractivity (Wildman–Crippen MR) is 79.6 cm³/mol. The zero-order valence-electron chi connectivity index (χ0n) is 11.5. The van der Waals surface area contributed by atoms with Gasteiger partial charge in [0.25, 0.3) is 0 Å². The van der Waals surface area contributed by atoms with Crippen molar-refractivity contribution >= 4 is 17.3 Å². The van der Waals surface area contributed by atoms with E-state index in [2.05, 4.69) is 37.1 Å². The minimum atomic E-state index is 0.576. The van der Waals surface area contributed by atoms with Crippen LogP contribution in [-0.4, -0.2) is 25.7 Å². The molecule has 0 radical (unpaired) electrons. The van der Waals surface area contributed by atoms with Gasteiger partial charge in [-0.3, -0.25) is 0 Å². The highest BCUT2D eigenvalue weighted by Crippen LogP contribution is 2.30. The summed E-state index contributed by atoms with van der Waals surface area (Å²) in [6, 6.07) is 6.77. The van der Waals surface area contributed by atoms with E-state index in [-0.39, 0.29) is 0 Å². The maximum absolute atomic E-state index is 6.19. The minimum Gasteiger partial charge on any atom is -0.371 e. The van der Waals surface area contributed by atoms with Gasteiger partial charge in [0.15, 0.2) is 0 Å². The van der Waals surface area contributed by atoms with E-state index in [9.17, 15) is 0 Å². The zero-order valence-corrected chi connectivity index (χ0v) is 12.3. The molecule has 0 aliphatic carbocycles. The molecular weight excluding hydrogens is 244 g/mol. The first kappa shape index (κ1) is 13.7. The van der Waals surface area contributed by atoms with Crippen LogP contribution in [-0.2, 0) is 0 Å². The molecule has 1 atom stereocenters. The average Bonchev–Trinajstić information content (AvgIpc) is 2.78. The Bertz CT molecular complexity index is 403. The average molecular weight is 267 g/mol. The van der Waals surface area contributed by atoms with Gasteiger partial charge in [-0.15, -0.1) is 0 Å². The fourth-order valence-corrected chi connectivity index (χ4v) is 2.73. The lowest BCUT2D eigenvalue weighted by molar-refractivity contribution is 0.480. The van der Waals surface area contributed by atoms with Crippen molar-refractivity contribution in [3.05, 3.63) is 28.8 Å². The maximum atomic E-state index is 6.19. The van der Waals surface area contributed by atoms with Crippen LogP contribution in [0.4, 0.5) is 5.69 Å². The second-order valence-electron chi connectivity index (χ2n) is 5.55. The van der Waals surface area contributed by atoms with Gasteiger partial charge in [-0.2, -0.15) is 0 Å². The van der Waals surface area contributed by atoms with E-state index in [1.807, 2.05) is 12.1 Å². The molecule has 1 unspecified atom stereocenters. The Hall–Kier alpha value is -0.730. The predicted octanol–water partition coefficient (Wildman–Crippen LogP) is 3.47. The number of rotatable bonds is 4. The lowest BCUT2D eigenvalue weighted by atomic mass is 10.1. The van der Waals surface area contributed by atoms with Gasteiger partial charge in [0, 0.05) is 29.8 Å². The number of nitrogens with one attached hydrogen (secondary N) is 1. The van der Waals surface area contributed by atoms with Crippen molar-refractivity contribution in [1.29, 1.82) is 0 Å². The van der Waals surface area contributed by atoms with Crippen molar-refractivity contribution < 1.29 is 0 Å². The van der Waals surface area contributed by atoms with Crippen LogP contribution < -0.4 is 10.2 Å². The summed E-state index contributed by atoms with van der Waals surface area (Å²) in [4.78, 5) is 2.47. The molecule has 1 N–H and O–H groups in total. The highest BCUT2D eigenvalue weighted by molar-refractivity contribution is 6.31. The third-order valence-corrected chi connectivity index (χ3v) is 4.09. The van der Waals surface area contributed by atoms with E-state index < -0.39 is 0 Å². The number of halogens is 1. The molecule has 0 amide bonds. The maximum Gasteiger partial charge on any atom is 0.0455 e. The van der Waals surface area contributed by atoms with E-state index in [0.29, 0.717) is 6.04 Å². The topological polar surface area (TPSA) is 15.3 Å². The molecule has 0 saturated carbocycles. The molecule has 1 aromatic rings. The summed E-state index contributed by atoms with van der Waals surface area (Å²) < 4.78 is 0. The fraction of sp³-hybridized carbons (Fsp3) is 0.600. The Kier molecular flexibility index (Phi) is 4.52. The molecule has 2 rings (SSSR count). The first-order chi connectivity index (χ1) is 8.58. The van der Waals surface area contributed by atoms with Gasteiger partial charge < -0.3 is 10.2 Å². The molecule has 2 nitrogen and oxygen atoms in total. The van der Waals surface area contributed by atoms with Crippen LogP contribution in [0.1, 0.15) is 25.8 Å². The van der Waals surface area contributed by atoms with E-state index in [4.69, 9.17) is 11.6 Å². The highest BCUT2D eigenvalue weighted by atomic mass is 35.5. The van der Waals surface area contributed by atoms with E-state index in [0.717, 1.165) is 30.6 Å². The van der Waals surface area contributed by atoms with Gasteiger partial charge >= 0.3 is 0 Å². The van der Waals surface area contributed by atoms with E-state index >= 15 is 0 Å². The largest absolute Gasteiger partial charge is 0.371 e. The van der Waals surface area contributed by atoms with Crippen LogP contribution >= 0.6 is 11.6 Å². The zero-order chi connectivity index (χ0) is 13.1. The van der Waals surface area contributed by atoms with Crippen LogP contribution in [0.2, 0.25) is 5.02 Å². The molecule has 1 aliphatic rings. The Labute approximate surface area is 115 Å². The normalized spacial score (nSPS) is 19.8. The molecule has 1 aromatic carbocycles. The van der Waals surface area contributed by atoms with E-state index in [1.54, 1.807) is 0 Å². The summed E-state index contributed by atoms with van der Waals surface area (Å²) in [6.45, 7) is 9.92. The summed E-state index contributed by atoms with van der Waals surface area (Å²) in [5.41, 5.74) is 2.51. The summed E-state index contributed by atoms with van der Waals surface area (Å²) in [5, 5.41) is 4.40. The molecule has 0 bridgehead atoms. The molecule has 3 heteroatoms. The molecule has 1 aliphatic heterocycles. The third-order valence-electron chi connectivity index (χ3n) is 3.68. The van der Waals surface area contributed by atoms with Crippen molar-refractivity contribution in [3.63, 3.8) is 0 Å². The Morgan fingerprint density at radius 1 is 1.44 bits per heavy atom. The molecule has 0 aromatic heterocycles. The van der Waals surface area contributed by atoms with Gasteiger partial charge in [-0.25, -0.2) is 0 Å². The quantitative estimate of drug-likeness (QED) is 0.898. The van der Waals surface area contributed by atoms with Crippen molar-refractivity contribution in [3.8, 4) is 0 Å². The van der Waals surface area contributed by atoms with Crippen LogP contribution in [0.3, 0.4) is 0 Å². The lowest BCUT2D eigenvalue weighted by Crippen LogP contribution is -2.30. The number of benzene rings is 1. The Morgan fingerprint density at radius 2 is 2.22 bits per heavy atom. The summed E-state index contributed by atoms with van der Waals surface area (Å²) in [7, 11) is 0. The second kappa shape index (κ2) is 5.94. The third kappa shape index (κ3) is 3.18. The highest BCUT2D eigenvalue weighted by Gasteiger charge is 2.23.